The van der Waals surface area contributed by atoms with Crippen molar-refractivity contribution in [2.45, 2.75) is 24.4 Å². The van der Waals surface area contributed by atoms with Gasteiger partial charge in [-0.3, -0.25) is 9.78 Å². The number of methoxy groups -OCH3 is 1. The van der Waals surface area contributed by atoms with Crippen molar-refractivity contribution < 1.29 is 14.1 Å². The number of hydrogen-bond donors (Lipinski definition) is 0. The zero-order valence-electron chi connectivity index (χ0n) is 13.4. The molecule has 3 rings (SSSR count). The third kappa shape index (κ3) is 2.76. The van der Waals surface area contributed by atoms with Gasteiger partial charge in [0, 0.05) is 31.3 Å². The summed E-state index contributed by atoms with van der Waals surface area (Å²) in [4.78, 5) is 18.9. The molecule has 8 heteroatoms. The van der Waals surface area contributed by atoms with Crippen LogP contribution in [0.4, 0.5) is 0 Å². The normalized spacial score (nSPS) is 18.1. The SMILES string of the molecule is COCC(=O)N1Cc2cnc3c(Cl)c(Cl)c([S+](C)[O-])cc3c2[C@@H]1C. The van der Waals surface area contributed by atoms with Crippen LogP contribution in [0.15, 0.2) is 17.2 Å². The van der Waals surface area contributed by atoms with E-state index in [4.69, 9.17) is 27.9 Å². The van der Waals surface area contributed by atoms with E-state index in [1.807, 2.05) is 6.92 Å². The molecular weight excluding hydrogens is 371 g/mol. The fraction of sp³-hybridized carbons (Fsp3) is 0.375. The van der Waals surface area contributed by atoms with Crippen LogP contribution in [0.2, 0.25) is 10.0 Å². The number of rotatable bonds is 3. The Hall–Kier alpha value is -1.05. The fourth-order valence-corrected chi connectivity index (χ4v) is 4.54. The molecule has 0 spiro atoms. The summed E-state index contributed by atoms with van der Waals surface area (Å²) in [6.45, 7) is 2.44. The summed E-state index contributed by atoms with van der Waals surface area (Å²) in [6, 6.07) is 1.62. The number of carbonyl (C=O) groups excluding carboxylic acids is 1. The molecule has 128 valence electrons. The maximum Gasteiger partial charge on any atom is 0.249 e. The quantitative estimate of drug-likeness (QED) is 0.758. The summed E-state index contributed by atoms with van der Waals surface area (Å²) in [6.07, 6.45) is 3.27. The molecule has 0 fully saturated rings. The average molecular weight is 387 g/mol. The fourth-order valence-electron chi connectivity index (χ4n) is 3.13. The summed E-state index contributed by atoms with van der Waals surface area (Å²) < 4.78 is 16.9. The standard InChI is InChI=1S/C16H16Cl2N2O3S/c1-8-13-9(6-20(8)12(21)7-23-2)5-19-16-10(13)4-11(24(3)22)14(17)15(16)18/h4-5,8H,6-7H2,1-3H3/t8-,24?/m0/s1. The number of ether oxygens (including phenoxy) is 1. The number of pyridine rings is 1. The van der Waals surface area contributed by atoms with E-state index in [0.29, 0.717) is 17.0 Å². The van der Waals surface area contributed by atoms with Gasteiger partial charge in [-0.15, -0.1) is 0 Å². The number of fused-ring (bicyclic) bond motifs is 3. The van der Waals surface area contributed by atoms with E-state index in [9.17, 15) is 9.35 Å². The largest absolute Gasteiger partial charge is 0.612 e. The van der Waals surface area contributed by atoms with E-state index in [1.165, 1.54) is 7.11 Å². The summed E-state index contributed by atoms with van der Waals surface area (Å²) in [5, 5.41) is 1.33. The van der Waals surface area contributed by atoms with Crippen molar-refractivity contribution in [3.05, 3.63) is 33.4 Å². The summed E-state index contributed by atoms with van der Waals surface area (Å²) in [5.74, 6) is -0.0892. The van der Waals surface area contributed by atoms with Gasteiger partial charge in [-0.1, -0.05) is 23.2 Å². The highest BCUT2D eigenvalue weighted by atomic mass is 35.5. The number of benzene rings is 1. The molecule has 2 heterocycles. The van der Waals surface area contributed by atoms with Crippen LogP contribution in [-0.2, 0) is 27.3 Å². The first-order chi connectivity index (χ1) is 11.4. The Morgan fingerprint density at radius 1 is 1.50 bits per heavy atom. The second-order valence-electron chi connectivity index (χ2n) is 5.68. The molecule has 0 saturated carbocycles. The van der Waals surface area contributed by atoms with Crippen LogP contribution >= 0.6 is 23.2 Å². The monoisotopic (exact) mass is 386 g/mol. The third-order valence-corrected chi connectivity index (χ3v) is 6.17. The highest BCUT2D eigenvalue weighted by molar-refractivity contribution is 7.90. The Morgan fingerprint density at radius 3 is 2.83 bits per heavy atom. The molecule has 0 radical (unpaired) electrons. The Kier molecular flexibility index (Phi) is 4.95. The second-order valence-corrected chi connectivity index (χ2v) is 7.78. The van der Waals surface area contributed by atoms with Crippen molar-refractivity contribution in [3.63, 3.8) is 0 Å². The molecule has 2 atom stereocenters. The van der Waals surface area contributed by atoms with Gasteiger partial charge in [-0.25, -0.2) is 0 Å². The molecule has 1 aliphatic rings. The minimum Gasteiger partial charge on any atom is -0.612 e. The van der Waals surface area contributed by atoms with Crippen molar-refractivity contribution >= 4 is 51.2 Å². The lowest BCUT2D eigenvalue weighted by molar-refractivity contribution is -0.137. The lowest BCUT2D eigenvalue weighted by Gasteiger charge is -2.22. The summed E-state index contributed by atoms with van der Waals surface area (Å²) >= 11 is 11.3. The molecule has 0 saturated heterocycles. The first-order valence-electron chi connectivity index (χ1n) is 7.28. The number of hydrogen-bond acceptors (Lipinski definition) is 4. The number of halogens is 2. The van der Waals surface area contributed by atoms with E-state index < -0.39 is 11.2 Å². The van der Waals surface area contributed by atoms with E-state index >= 15 is 0 Å². The zero-order chi connectivity index (χ0) is 17.6. The molecule has 1 aliphatic heterocycles. The molecule has 5 nitrogen and oxygen atoms in total. The highest BCUT2D eigenvalue weighted by Gasteiger charge is 2.33. The van der Waals surface area contributed by atoms with Crippen LogP contribution in [0.3, 0.4) is 0 Å². The van der Waals surface area contributed by atoms with E-state index in [1.54, 1.807) is 23.4 Å². The molecule has 0 aliphatic carbocycles. The van der Waals surface area contributed by atoms with Gasteiger partial charge in [-0.05, 0) is 29.2 Å². The molecule has 2 aromatic rings. The molecule has 0 bridgehead atoms. The Balaban J connectivity index is 2.19. The van der Waals surface area contributed by atoms with Crippen molar-refractivity contribution in [1.82, 2.24) is 9.88 Å². The Bertz CT molecular complexity index is 829. The van der Waals surface area contributed by atoms with Gasteiger partial charge in [0.05, 0.1) is 16.6 Å². The zero-order valence-corrected chi connectivity index (χ0v) is 15.8. The molecule has 1 amide bonds. The predicted molar refractivity (Wildman–Crippen MR) is 94.9 cm³/mol. The molecule has 24 heavy (non-hydrogen) atoms. The van der Waals surface area contributed by atoms with Crippen LogP contribution in [0.5, 0.6) is 0 Å². The number of aromatic nitrogens is 1. The van der Waals surface area contributed by atoms with Crippen LogP contribution in [0, 0.1) is 0 Å². The van der Waals surface area contributed by atoms with Crippen LogP contribution in [-0.4, -0.2) is 40.3 Å². The molecular formula is C16H16Cl2N2O3S. The predicted octanol–water partition coefficient (Wildman–Crippen LogP) is 3.33. The Morgan fingerprint density at radius 2 is 2.21 bits per heavy atom. The highest BCUT2D eigenvalue weighted by Crippen LogP contribution is 2.42. The van der Waals surface area contributed by atoms with Crippen LogP contribution in [0.25, 0.3) is 10.9 Å². The van der Waals surface area contributed by atoms with Gasteiger partial charge in [0.1, 0.15) is 17.9 Å². The van der Waals surface area contributed by atoms with Gasteiger partial charge >= 0.3 is 0 Å². The number of carbonyl (C=O) groups is 1. The van der Waals surface area contributed by atoms with Gasteiger partial charge < -0.3 is 14.2 Å². The first-order valence-corrected chi connectivity index (χ1v) is 9.59. The second kappa shape index (κ2) is 6.69. The lowest BCUT2D eigenvalue weighted by atomic mass is 10.0. The van der Waals surface area contributed by atoms with Gasteiger partial charge in [0.25, 0.3) is 0 Å². The van der Waals surface area contributed by atoms with Crippen molar-refractivity contribution in [2.75, 3.05) is 20.0 Å². The Labute approximate surface area is 153 Å². The van der Waals surface area contributed by atoms with Gasteiger partial charge in [0.2, 0.25) is 5.91 Å². The van der Waals surface area contributed by atoms with Crippen molar-refractivity contribution in [3.8, 4) is 0 Å². The minimum absolute atomic E-state index is 0.0283. The number of nitrogens with zero attached hydrogens (tertiary/aromatic N) is 2. The van der Waals surface area contributed by atoms with Gasteiger partial charge in [0.15, 0.2) is 4.90 Å². The maximum absolute atomic E-state index is 12.2. The number of amides is 1. The van der Waals surface area contributed by atoms with Crippen molar-refractivity contribution in [2.24, 2.45) is 0 Å². The van der Waals surface area contributed by atoms with E-state index in [0.717, 1.165) is 16.5 Å². The molecule has 1 aromatic heterocycles. The average Bonchev–Trinajstić information content (AvgIpc) is 2.88. The van der Waals surface area contributed by atoms with Crippen molar-refractivity contribution in [1.29, 1.82) is 0 Å². The van der Waals surface area contributed by atoms with E-state index in [2.05, 4.69) is 4.98 Å². The van der Waals surface area contributed by atoms with Crippen LogP contribution in [0.1, 0.15) is 24.1 Å². The minimum atomic E-state index is -1.28. The lowest BCUT2D eigenvalue weighted by Crippen LogP contribution is -2.31. The van der Waals surface area contributed by atoms with Gasteiger partial charge in [-0.2, -0.15) is 0 Å². The maximum atomic E-state index is 12.2. The summed E-state index contributed by atoms with van der Waals surface area (Å²) in [7, 11) is 1.49. The first kappa shape index (κ1) is 17.8. The third-order valence-electron chi connectivity index (χ3n) is 4.26. The molecule has 1 aromatic carbocycles. The molecule has 1 unspecified atom stereocenters. The smallest absolute Gasteiger partial charge is 0.249 e. The van der Waals surface area contributed by atoms with Crippen LogP contribution < -0.4 is 0 Å². The molecule has 0 N–H and O–H groups in total. The van der Waals surface area contributed by atoms with E-state index in [-0.39, 0.29) is 28.6 Å². The topological polar surface area (TPSA) is 65.5 Å². The summed E-state index contributed by atoms with van der Waals surface area (Å²) in [5.41, 5.74) is 2.47.